The highest BCUT2D eigenvalue weighted by atomic mass is 32.2. The van der Waals surface area contributed by atoms with Crippen molar-refractivity contribution >= 4 is 22.9 Å². The molecule has 1 fully saturated rings. The van der Waals surface area contributed by atoms with E-state index < -0.39 is 22.5 Å². The van der Waals surface area contributed by atoms with Gasteiger partial charge >= 0.3 is 6.09 Å². The Morgan fingerprint density at radius 3 is 2.52 bits per heavy atom. The Bertz CT molecular complexity index is 477. The summed E-state index contributed by atoms with van der Waals surface area (Å²) in [5.41, 5.74) is -0.495. The van der Waals surface area contributed by atoms with Crippen LogP contribution in [0.25, 0.3) is 0 Å². The van der Waals surface area contributed by atoms with E-state index in [1.807, 2.05) is 27.7 Å². The largest absolute Gasteiger partial charge is 0.444 e. The number of nitrogens with zero attached hydrogens (tertiary/aromatic N) is 1. The lowest BCUT2D eigenvalue weighted by atomic mass is 9.95. The van der Waals surface area contributed by atoms with Crippen LogP contribution in [-0.2, 0) is 15.5 Å². The molecule has 1 saturated carbocycles. The van der Waals surface area contributed by atoms with Crippen molar-refractivity contribution in [1.82, 2.24) is 16.0 Å². The van der Waals surface area contributed by atoms with Crippen molar-refractivity contribution in [2.75, 3.05) is 25.9 Å². The molecule has 0 radical (unpaired) electrons. The van der Waals surface area contributed by atoms with Gasteiger partial charge in [-0.25, -0.2) is 4.79 Å². The first kappa shape index (κ1) is 21.7. The number of nitrogens with one attached hydrogen (secondary N) is 3. The van der Waals surface area contributed by atoms with Gasteiger partial charge in [-0.2, -0.15) is 0 Å². The smallest absolute Gasteiger partial charge is 0.407 e. The highest BCUT2D eigenvalue weighted by Crippen LogP contribution is 2.22. The Labute approximate surface area is 154 Å². The molecule has 3 unspecified atom stereocenters. The van der Waals surface area contributed by atoms with E-state index in [0.29, 0.717) is 25.1 Å². The minimum Gasteiger partial charge on any atom is -0.444 e. The Morgan fingerprint density at radius 2 is 1.92 bits per heavy atom. The van der Waals surface area contributed by atoms with Gasteiger partial charge in [0.15, 0.2) is 5.96 Å². The summed E-state index contributed by atoms with van der Waals surface area (Å²) in [6, 6.07) is 0.291. The lowest BCUT2D eigenvalue weighted by Crippen LogP contribution is -2.48. The standard InChI is InChI=1S/C17H34N4O3S/c1-6-25(23)14-9-7-8-13(12-14)21-15(18-5)19-10-11-20-16(22)24-17(2,3)4/h13-14H,6-12H2,1-5H3,(H,20,22)(H2,18,19,21). The quantitative estimate of drug-likeness (QED) is 0.374. The predicted molar refractivity (Wildman–Crippen MR) is 103 cm³/mol. The van der Waals surface area contributed by atoms with E-state index in [2.05, 4.69) is 20.9 Å². The third kappa shape index (κ3) is 9.09. The van der Waals surface area contributed by atoms with Crippen molar-refractivity contribution < 1.29 is 13.7 Å². The van der Waals surface area contributed by atoms with Crippen LogP contribution in [0.2, 0.25) is 0 Å². The maximum Gasteiger partial charge on any atom is 0.407 e. The van der Waals surface area contributed by atoms with Gasteiger partial charge in [-0.05, 0) is 40.0 Å². The van der Waals surface area contributed by atoms with E-state index in [9.17, 15) is 9.00 Å². The summed E-state index contributed by atoms with van der Waals surface area (Å²) in [6.07, 6.45) is 3.69. The predicted octanol–water partition coefficient (Wildman–Crippen LogP) is 1.76. The molecular weight excluding hydrogens is 340 g/mol. The average molecular weight is 375 g/mol. The number of ether oxygens (including phenoxy) is 1. The monoisotopic (exact) mass is 374 g/mol. The molecule has 0 saturated heterocycles. The van der Waals surface area contributed by atoms with Crippen LogP contribution in [0, 0.1) is 0 Å². The summed E-state index contributed by atoms with van der Waals surface area (Å²) in [7, 11) is 0.990. The zero-order valence-corrected chi connectivity index (χ0v) is 17.0. The second-order valence-electron chi connectivity index (χ2n) is 7.23. The minimum absolute atomic E-state index is 0.281. The molecule has 0 aromatic rings. The molecule has 1 aliphatic rings. The fourth-order valence-electron chi connectivity index (χ4n) is 2.80. The zero-order valence-electron chi connectivity index (χ0n) is 16.2. The Hall–Kier alpha value is -1.31. The number of hydrogen-bond donors (Lipinski definition) is 3. The fraction of sp³-hybridized carbons (Fsp3) is 0.882. The maximum absolute atomic E-state index is 12.0. The number of aliphatic imine (C=N–C) groups is 1. The maximum atomic E-state index is 12.0. The molecule has 25 heavy (non-hydrogen) atoms. The summed E-state index contributed by atoms with van der Waals surface area (Å²) in [4.78, 5) is 15.8. The van der Waals surface area contributed by atoms with Crippen LogP contribution in [0.5, 0.6) is 0 Å². The Balaban J connectivity index is 2.30. The molecule has 0 aromatic heterocycles. The van der Waals surface area contributed by atoms with Crippen LogP contribution in [-0.4, -0.2) is 59.0 Å². The molecule has 1 aliphatic carbocycles. The van der Waals surface area contributed by atoms with Crippen molar-refractivity contribution in [1.29, 1.82) is 0 Å². The van der Waals surface area contributed by atoms with Gasteiger partial charge < -0.3 is 20.7 Å². The van der Waals surface area contributed by atoms with Crippen molar-refractivity contribution in [3.8, 4) is 0 Å². The van der Waals surface area contributed by atoms with Crippen molar-refractivity contribution in [2.24, 2.45) is 4.99 Å². The van der Waals surface area contributed by atoms with E-state index >= 15 is 0 Å². The normalized spacial score (nSPS) is 22.8. The summed E-state index contributed by atoms with van der Waals surface area (Å²) >= 11 is 0. The molecule has 0 aliphatic heterocycles. The third-order valence-electron chi connectivity index (χ3n) is 3.93. The molecule has 1 amide bonds. The molecule has 0 spiro atoms. The SMILES string of the molecule is CCS(=O)C1CCCC(NC(=NC)NCCNC(=O)OC(C)(C)C)C1. The van der Waals surface area contributed by atoms with Crippen LogP contribution in [0.1, 0.15) is 53.4 Å². The second-order valence-corrected chi connectivity index (χ2v) is 9.23. The van der Waals surface area contributed by atoms with Crippen LogP contribution in [0.3, 0.4) is 0 Å². The number of hydrogen-bond acceptors (Lipinski definition) is 4. The highest BCUT2D eigenvalue weighted by molar-refractivity contribution is 7.85. The molecule has 0 bridgehead atoms. The lowest BCUT2D eigenvalue weighted by Gasteiger charge is -2.30. The highest BCUT2D eigenvalue weighted by Gasteiger charge is 2.26. The van der Waals surface area contributed by atoms with Gasteiger partial charge in [-0.1, -0.05) is 13.3 Å². The number of carbonyl (C=O) groups excluding carboxylic acids is 1. The molecule has 0 heterocycles. The van der Waals surface area contributed by atoms with Gasteiger partial charge in [0.1, 0.15) is 5.60 Å². The topological polar surface area (TPSA) is 91.8 Å². The van der Waals surface area contributed by atoms with E-state index in [1.54, 1.807) is 7.05 Å². The Morgan fingerprint density at radius 1 is 1.24 bits per heavy atom. The van der Waals surface area contributed by atoms with Gasteiger partial charge in [0.25, 0.3) is 0 Å². The van der Waals surface area contributed by atoms with E-state index in [1.165, 1.54) is 0 Å². The molecule has 3 N–H and O–H groups in total. The van der Waals surface area contributed by atoms with Crippen molar-refractivity contribution in [3.63, 3.8) is 0 Å². The van der Waals surface area contributed by atoms with Crippen LogP contribution in [0.4, 0.5) is 4.79 Å². The fourth-order valence-corrected chi connectivity index (χ4v) is 4.15. The molecule has 0 aromatic carbocycles. The lowest BCUT2D eigenvalue weighted by molar-refractivity contribution is 0.0529. The first-order valence-electron chi connectivity index (χ1n) is 9.06. The number of carbonyl (C=O) groups is 1. The molecule has 7 nitrogen and oxygen atoms in total. The first-order chi connectivity index (χ1) is 11.7. The minimum atomic E-state index is -0.733. The number of alkyl carbamates (subject to hydrolysis) is 1. The van der Waals surface area contributed by atoms with E-state index in [-0.39, 0.29) is 5.25 Å². The summed E-state index contributed by atoms with van der Waals surface area (Å²) in [6.45, 7) is 8.48. The van der Waals surface area contributed by atoms with Crippen LogP contribution >= 0.6 is 0 Å². The first-order valence-corrected chi connectivity index (χ1v) is 10.4. The third-order valence-corrected chi connectivity index (χ3v) is 5.67. The van der Waals surface area contributed by atoms with Crippen LogP contribution < -0.4 is 16.0 Å². The Kier molecular flexibility index (Phi) is 9.24. The average Bonchev–Trinajstić information content (AvgIpc) is 2.55. The number of amides is 1. The molecule has 146 valence electrons. The summed E-state index contributed by atoms with van der Waals surface area (Å²) < 4.78 is 17.2. The molecular formula is C17H34N4O3S. The zero-order chi connectivity index (χ0) is 18.9. The number of guanidine groups is 1. The van der Waals surface area contributed by atoms with Gasteiger partial charge in [0.2, 0.25) is 0 Å². The van der Waals surface area contributed by atoms with Crippen molar-refractivity contribution in [2.45, 2.75) is 70.3 Å². The van der Waals surface area contributed by atoms with Crippen molar-refractivity contribution in [3.05, 3.63) is 0 Å². The van der Waals surface area contributed by atoms with Gasteiger partial charge in [0, 0.05) is 48.0 Å². The number of rotatable bonds is 6. The second kappa shape index (κ2) is 10.6. The van der Waals surface area contributed by atoms with Gasteiger partial charge in [-0.15, -0.1) is 0 Å². The van der Waals surface area contributed by atoms with Gasteiger partial charge in [0.05, 0.1) is 0 Å². The molecule has 3 atom stereocenters. The summed E-state index contributed by atoms with van der Waals surface area (Å²) in [5, 5.41) is 9.57. The van der Waals surface area contributed by atoms with Gasteiger partial charge in [-0.3, -0.25) is 9.20 Å². The van der Waals surface area contributed by atoms with E-state index in [4.69, 9.17) is 4.74 Å². The van der Waals surface area contributed by atoms with Crippen LogP contribution in [0.15, 0.2) is 4.99 Å². The summed E-state index contributed by atoms with van der Waals surface area (Å²) in [5.74, 6) is 1.43. The van der Waals surface area contributed by atoms with E-state index in [0.717, 1.165) is 31.4 Å². The molecule has 8 heteroatoms. The molecule has 1 rings (SSSR count).